The van der Waals surface area contributed by atoms with Crippen molar-refractivity contribution in [3.63, 3.8) is 0 Å². The molecule has 0 fully saturated rings. The molecule has 0 bridgehead atoms. The summed E-state index contributed by atoms with van der Waals surface area (Å²) in [6.07, 6.45) is 3.70. The molecule has 0 saturated heterocycles. The molecule has 0 unspecified atom stereocenters. The number of benzene rings is 2. The Balaban J connectivity index is 2.41. The van der Waals surface area contributed by atoms with Gasteiger partial charge in [-0.05, 0) is 62.9 Å². The van der Waals surface area contributed by atoms with Crippen LogP contribution >= 0.6 is 0 Å². The molecule has 0 spiro atoms. The molecule has 0 radical (unpaired) electrons. The minimum atomic E-state index is 1.03. The molecule has 0 aliphatic carbocycles. The zero-order valence-corrected chi connectivity index (χ0v) is 13.7. The van der Waals surface area contributed by atoms with Gasteiger partial charge < -0.3 is 4.57 Å². The Labute approximate surface area is 127 Å². The molecule has 0 aliphatic rings. The standard InChI is InChI=1S/C20H25N/c1-5-7-8-16-11-15(4)13-19-20(16)17-12-14(3)9-10-18(17)21(19)6-2/h9-13H,5-8H2,1-4H3. The summed E-state index contributed by atoms with van der Waals surface area (Å²) in [5.74, 6) is 0. The Morgan fingerprint density at radius 1 is 0.905 bits per heavy atom. The number of hydrogen-bond donors (Lipinski definition) is 0. The lowest BCUT2D eigenvalue weighted by atomic mass is 9.99. The third-order valence-corrected chi connectivity index (χ3v) is 4.46. The first kappa shape index (κ1) is 14.2. The molecule has 1 heterocycles. The smallest absolute Gasteiger partial charge is 0.0496 e. The van der Waals surface area contributed by atoms with E-state index in [1.54, 1.807) is 0 Å². The molecule has 21 heavy (non-hydrogen) atoms. The van der Waals surface area contributed by atoms with Gasteiger partial charge in [0.15, 0.2) is 0 Å². The average molecular weight is 279 g/mol. The summed E-state index contributed by atoms with van der Waals surface area (Å²) in [6.45, 7) is 9.95. The fourth-order valence-electron chi connectivity index (χ4n) is 3.49. The van der Waals surface area contributed by atoms with Crippen LogP contribution in [0.25, 0.3) is 21.8 Å². The van der Waals surface area contributed by atoms with E-state index in [9.17, 15) is 0 Å². The van der Waals surface area contributed by atoms with E-state index in [0.717, 1.165) is 6.54 Å². The summed E-state index contributed by atoms with van der Waals surface area (Å²) in [7, 11) is 0. The average Bonchev–Trinajstić information content (AvgIpc) is 2.77. The first-order valence-corrected chi connectivity index (χ1v) is 8.17. The van der Waals surface area contributed by atoms with Gasteiger partial charge >= 0.3 is 0 Å². The van der Waals surface area contributed by atoms with Crippen molar-refractivity contribution in [2.45, 2.75) is 53.5 Å². The van der Waals surface area contributed by atoms with Crippen LogP contribution in [-0.4, -0.2) is 4.57 Å². The van der Waals surface area contributed by atoms with Crippen molar-refractivity contribution in [2.75, 3.05) is 0 Å². The van der Waals surface area contributed by atoms with E-state index in [1.165, 1.54) is 57.8 Å². The number of nitrogens with zero attached hydrogens (tertiary/aromatic N) is 1. The highest BCUT2D eigenvalue weighted by Gasteiger charge is 2.13. The van der Waals surface area contributed by atoms with Crippen molar-refractivity contribution < 1.29 is 0 Å². The minimum Gasteiger partial charge on any atom is -0.341 e. The van der Waals surface area contributed by atoms with Gasteiger partial charge in [-0.25, -0.2) is 0 Å². The molecule has 0 atom stereocenters. The fourth-order valence-corrected chi connectivity index (χ4v) is 3.49. The zero-order valence-electron chi connectivity index (χ0n) is 13.7. The Bertz CT molecular complexity index is 793. The lowest BCUT2D eigenvalue weighted by molar-refractivity contribution is 0.797. The summed E-state index contributed by atoms with van der Waals surface area (Å²) >= 11 is 0. The van der Waals surface area contributed by atoms with E-state index in [0.29, 0.717) is 0 Å². The van der Waals surface area contributed by atoms with Crippen molar-refractivity contribution in [2.24, 2.45) is 0 Å². The van der Waals surface area contributed by atoms with Gasteiger partial charge in [0.25, 0.3) is 0 Å². The number of unbranched alkanes of at least 4 members (excludes halogenated alkanes) is 1. The molecule has 0 saturated carbocycles. The predicted octanol–water partition coefficient (Wildman–Crippen LogP) is 5.77. The molecule has 0 amide bonds. The highest BCUT2D eigenvalue weighted by atomic mass is 15.0. The van der Waals surface area contributed by atoms with Crippen LogP contribution in [-0.2, 0) is 13.0 Å². The molecule has 1 heteroatoms. The second-order valence-corrected chi connectivity index (χ2v) is 6.19. The number of rotatable bonds is 4. The van der Waals surface area contributed by atoms with Crippen molar-refractivity contribution in [1.82, 2.24) is 4.57 Å². The minimum absolute atomic E-state index is 1.03. The maximum atomic E-state index is 2.46. The van der Waals surface area contributed by atoms with Gasteiger partial charge in [-0.3, -0.25) is 0 Å². The SMILES string of the molecule is CCCCc1cc(C)cc2c1c1cc(C)ccc1n2CC. The van der Waals surface area contributed by atoms with Crippen LogP contribution < -0.4 is 0 Å². The lowest BCUT2D eigenvalue weighted by Crippen LogP contribution is -1.94. The highest BCUT2D eigenvalue weighted by molar-refractivity contribution is 6.10. The third kappa shape index (κ3) is 2.35. The van der Waals surface area contributed by atoms with Gasteiger partial charge in [-0.15, -0.1) is 0 Å². The normalized spacial score (nSPS) is 11.6. The first-order valence-electron chi connectivity index (χ1n) is 8.17. The Morgan fingerprint density at radius 2 is 1.71 bits per heavy atom. The van der Waals surface area contributed by atoms with Crippen LogP contribution in [0, 0.1) is 13.8 Å². The Morgan fingerprint density at radius 3 is 2.43 bits per heavy atom. The van der Waals surface area contributed by atoms with Gasteiger partial charge in [0.05, 0.1) is 0 Å². The highest BCUT2D eigenvalue weighted by Crippen LogP contribution is 2.34. The quantitative estimate of drug-likeness (QED) is 0.571. The van der Waals surface area contributed by atoms with E-state index in [-0.39, 0.29) is 0 Å². The molecule has 1 nitrogen and oxygen atoms in total. The van der Waals surface area contributed by atoms with E-state index in [1.807, 2.05) is 0 Å². The van der Waals surface area contributed by atoms with Crippen molar-refractivity contribution in [3.8, 4) is 0 Å². The number of aromatic nitrogens is 1. The third-order valence-electron chi connectivity index (χ3n) is 4.46. The zero-order chi connectivity index (χ0) is 15.0. The molecular formula is C20H25N. The molecular weight excluding hydrogens is 254 g/mol. The maximum absolute atomic E-state index is 2.46. The molecule has 0 aliphatic heterocycles. The lowest BCUT2D eigenvalue weighted by Gasteiger charge is -2.07. The largest absolute Gasteiger partial charge is 0.341 e. The summed E-state index contributed by atoms with van der Waals surface area (Å²) in [6, 6.07) is 11.6. The van der Waals surface area contributed by atoms with E-state index >= 15 is 0 Å². The van der Waals surface area contributed by atoms with Gasteiger partial charge in [0, 0.05) is 28.4 Å². The van der Waals surface area contributed by atoms with Crippen LogP contribution in [0.4, 0.5) is 0 Å². The van der Waals surface area contributed by atoms with Gasteiger partial charge in [0.2, 0.25) is 0 Å². The molecule has 1 aromatic heterocycles. The molecule has 0 N–H and O–H groups in total. The van der Waals surface area contributed by atoms with Crippen molar-refractivity contribution in [3.05, 3.63) is 47.0 Å². The molecule has 2 aromatic carbocycles. The number of aryl methyl sites for hydroxylation is 4. The maximum Gasteiger partial charge on any atom is 0.0496 e. The molecule has 3 aromatic rings. The summed E-state index contributed by atoms with van der Waals surface area (Å²) < 4.78 is 2.46. The van der Waals surface area contributed by atoms with Gasteiger partial charge in [-0.1, -0.05) is 31.0 Å². The van der Waals surface area contributed by atoms with Gasteiger partial charge in [0.1, 0.15) is 0 Å². The van der Waals surface area contributed by atoms with Crippen LogP contribution in [0.15, 0.2) is 30.3 Å². The van der Waals surface area contributed by atoms with Crippen LogP contribution in [0.1, 0.15) is 43.4 Å². The van der Waals surface area contributed by atoms with E-state index in [4.69, 9.17) is 0 Å². The van der Waals surface area contributed by atoms with Crippen LogP contribution in [0.5, 0.6) is 0 Å². The number of fused-ring (bicyclic) bond motifs is 3. The second-order valence-electron chi connectivity index (χ2n) is 6.19. The van der Waals surface area contributed by atoms with Crippen LogP contribution in [0.3, 0.4) is 0 Å². The van der Waals surface area contributed by atoms with Crippen molar-refractivity contribution in [1.29, 1.82) is 0 Å². The van der Waals surface area contributed by atoms with Crippen molar-refractivity contribution >= 4 is 21.8 Å². The van der Waals surface area contributed by atoms with E-state index < -0.39 is 0 Å². The monoisotopic (exact) mass is 279 g/mol. The fraction of sp³-hybridized carbons (Fsp3) is 0.400. The molecule has 110 valence electrons. The van der Waals surface area contributed by atoms with Crippen LogP contribution in [0.2, 0.25) is 0 Å². The number of hydrogen-bond acceptors (Lipinski definition) is 0. The Hall–Kier alpha value is -1.76. The first-order chi connectivity index (χ1) is 10.2. The van der Waals surface area contributed by atoms with E-state index in [2.05, 4.69) is 62.6 Å². The summed E-state index contributed by atoms with van der Waals surface area (Å²) in [4.78, 5) is 0. The predicted molar refractivity (Wildman–Crippen MR) is 93.2 cm³/mol. The summed E-state index contributed by atoms with van der Waals surface area (Å²) in [5.41, 5.74) is 7.03. The second kappa shape index (κ2) is 5.55. The topological polar surface area (TPSA) is 4.93 Å². The molecule has 3 rings (SSSR count). The summed E-state index contributed by atoms with van der Waals surface area (Å²) in [5, 5.41) is 2.91. The van der Waals surface area contributed by atoms with Gasteiger partial charge in [-0.2, -0.15) is 0 Å². The Kier molecular flexibility index (Phi) is 3.75.